The molecular formula is C13H14N2O2. The third-order valence-electron chi connectivity index (χ3n) is 3.23. The number of nitrogens with zero attached hydrogens (tertiary/aromatic N) is 2. The molecule has 2 rings (SSSR count). The zero-order valence-electron chi connectivity index (χ0n) is 9.72. The lowest BCUT2D eigenvalue weighted by Gasteiger charge is -2.21. The molecule has 1 aromatic rings. The minimum atomic E-state index is -0.103. The van der Waals surface area contributed by atoms with E-state index in [9.17, 15) is 4.79 Å². The van der Waals surface area contributed by atoms with E-state index in [1.165, 1.54) is 11.1 Å². The molecule has 1 aliphatic carbocycles. The number of carbonyl (C=O) groups is 1. The lowest BCUT2D eigenvalue weighted by atomic mass is 9.82. The summed E-state index contributed by atoms with van der Waals surface area (Å²) in [5.41, 5.74) is 10.8. The Balaban J connectivity index is 2.19. The molecule has 4 heteroatoms. The number of methoxy groups -OCH3 is 1. The van der Waals surface area contributed by atoms with Crippen molar-refractivity contribution < 1.29 is 14.3 Å². The summed E-state index contributed by atoms with van der Waals surface area (Å²) in [6.45, 7) is 0. The largest absolute Gasteiger partial charge is 0.497 e. The average molecular weight is 230 g/mol. The van der Waals surface area contributed by atoms with Crippen LogP contribution in [0.5, 0.6) is 5.75 Å². The minimum absolute atomic E-state index is 0.0632. The van der Waals surface area contributed by atoms with E-state index in [1.54, 1.807) is 7.11 Å². The van der Waals surface area contributed by atoms with E-state index in [0.29, 0.717) is 6.42 Å². The third kappa shape index (κ3) is 2.43. The van der Waals surface area contributed by atoms with Crippen LogP contribution < -0.4 is 4.74 Å². The molecule has 0 N–H and O–H groups in total. The van der Waals surface area contributed by atoms with Gasteiger partial charge in [-0.25, -0.2) is 0 Å². The molecule has 88 valence electrons. The second-order valence-corrected chi connectivity index (χ2v) is 4.22. The van der Waals surface area contributed by atoms with E-state index < -0.39 is 0 Å². The maximum Gasteiger partial charge on any atom is 0.323 e. The van der Waals surface area contributed by atoms with Gasteiger partial charge in [0, 0.05) is 5.92 Å². The van der Waals surface area contributed by atoms with E-state index in [0.717, 1.165) is 24.8 Å². The van der Waals surface area contributed by atoms with Gasteiger partial charge in [0.15, 0.2) is 0 Å². The first kappa shape index (κ1) is 11.6. The van der Waals surface area contributed by atoms with Crippen molar-refractivity contribution in [1.82, 2.24) is 0 Å². The predicted molar refractivity (Wildman–Crippen MR) is 63.2 cm³/mol. The number of carbonyl (C=O) groups excluding carboxylic acids is 1. The Morgan fingerprint density at radius 1 is 1.53 bits per heavy atom. The number of aryl methyl sites for hydroxylation is 1. The molecule has 0 radical (unpaired) electrons. The van der Waals surface area contributed by atoms with Crippen LogP contribution in [0.1, 0.15) is 17.5 Å². The van der Waals surface area contributed by atoms with Crippen molar-refractivity contribution in [3.8, 4) is 5.75 Å². The Bertz CT molecular complexity index is 490. The average Bonchev–Trinajstić information content (AvgIpc) is 2.37. The van der Waals surface area contributed by atoms with E-state index in [1.807, 2.05) is 18.2 Å². The van der Waals surface area contributed by atoms with Crippen LogP contribution in [0, 0.1) is 5.92 Å². The molecule has 17 heavy (non-hydrogen) atoms. The summed E-state index contributed by atoms with van der Waals surface area (Å²) in [5.74, 6) is 0.686. The van der Waals surface area contributed by atoms with E-state index in [2.05, 4.69) is 4.79 Å². The Hall–Kier alpha value is -1.93. The number of benzene rings is 1. The van der Waals surface area contributed by atoms with Crippen molar-refractivity contribution in [2.75, 3.05) is 7.11 Å². The van der Waals surface area contributed by atoms with Gasteiger partial charge >= 0.3 is 6.21 Å². The minimum Gasteiger partial charge on any atom is -0.497 e. The molecule has 0 heterocycles. The normalized spacial score (nSPS) is 17.8. The van der Waals surface area contributed by atoms with Gasteiger partial charge in [0.1, 0.15) is 5.75 Å². The number of Topliss-reactive ketones (excluding diaryl/α,β-unsaturated/α-hetero) is 1. The van der Waals surface area contributed by atoms with Gasteiger partial charge in [-0.3, -0.25) is 4.79 Å². The van der Waals surface area contributed by atoms with Crippen molar-refractivity contribution in [3.63, 3.8) is 0 Å². The molecule has 1 aliphatic rings. The summed E-state index contributed by atoms with van der Waals surface area (Å²) in [7, 11) is 1.65. The van der Waals surface area contributed by atoms with Gasteiger partial charge in [0.25, 0.3) is 0 Å². The molecule has 4 nitrogen and oxygen atoms in total. The van der Waals surface area contributed by atoms with Crippen molar-refractivity contribution in [2.24, 2.45) is 5.92 Å². The summed E-state index contributed by atoms with van der Waals surface area (Å²) in [4.78, 5) is 14.4. The third-order valence-corrected chi connectivity index (χ3v) is 3.23. The molecule has 0 aliphatic heterocycles. The van der Waals surface area contributed by atoms with Gasteiger partial charge in [0.2, 0.25) is 5.78 Å². The maximum atomic E-state index is 11.6. The molecule has 0 saturated heterocycles. The molecule has 0 bridgehead atoms. The number of fused-ring (bicyclic) bond motifs is 1. The Kier molecular flexibility index (Phi) is 3.35. The van der Waals surface area contributed by atoms with Crippen LogP contribution >= 0.6 is 0 Å². The van der Waals surface area contributed by atoms with Gasteiger partial charge in [-0.15, -0.1) is 0 Å². The number of ketones is 1. The zero-order chi connectivity index (χ0) is 12.3. The lowest BCUT2D eigenvalue weighted by molar-refractivity contribution is -0.119. The fourth-order valence-electron chi connectivity index (χ4n) is 2.26. The highest BCUT2D eigenvalue weighted by atomic mass is 16.5. The molecule has 0 aromatic heterocycles. The molecule has 0 amide bonds. The second kappa shape index (κ2) is 4.93. The number of hydrogen-bond donors (Lipinski definition) is 0. The van der Waals surface area contributed by atoms with Gasteiger partial charge in [-0.1, -0.05) is 6.07 Å². The monoisotopic (exact) mass is 230 g/mol. The van der Waals surface area contributed by atoms with E-state index >= 15 is 0 Å². The summed E-state index contributed by atoms with van der Waals surface area (Å²) in [6, 6.07) is 5.94. The smallest absolute Gasteiger partial charge is 0.323 e. The second-order valence-electron chi connectivity index (χ2n) is 4.22. The van der Waals surface area contributed by atoms with Gasteiger partial charge in [-0.05, 0) is 42.5 Å². The highest BCUT2D eigenvalue weighted by molar-refractivity contribution is 6.26. The first-order valence-corrected chi connectivity index (χ1v) is 5.61. The Morgan fingerprint density at radius 3 is 3.06 bits per heavy atom. The van der Waals surface area contributed by atoms with Gasteiger partial charge in [-0.2, -0.15) is 4.79 Å². The number of hydrogen-bond acceptors (Lipinski definition) is 2. The Labute approximate surface area is 99.8 Å². The highest BCUT2D eigenvalue weighted by Gasteiger charge is 2.25. The van der Waals surface area contributed by atoms with Crippen LogP contribution in [0.25, 0.3) is 5.53 Å². The zero-order valence-corrected chi connectivity index (χ0v) is 9.72. The van der Waals surface area contributed by atoms with Crippen LogP contribution in [-0.2, 0) is 17.6 Å². The van der Waals surface area contributed by atoms with E-state index in [-0.39, 0.29) is 11.7 Å². The molecule has 1 aromatic carbocycles. The highest BCUT2D eigenvalue weighted by Crippen LogP contribution is 2.28. The number of ether oxygens (including phenoxy) is 1. The maximum absolute atomic E-state index is 11.6. The van der Waals surface area contributed by atoms with Crippen LogP contribution in [0.4, 0.5) is 0 Å². The van der Waals surface area contributed by atoms with Crippen molar-refractivity contribution in [2.45, 2.75) is 19.3 Å². The van der Waals surface area contributed by atoms with Crippen LogP contribution in [0.3, 0.4) is 0 Å². The number of rotatable bonds is 3. The molecule has 1 unspecified atom stereocenters. The molecule has 1 atom stereocenters. The van der Waals surface area contributed by atoms with Crippen molar-refractivity contribution in [1.29, 1.82) is 0 Å². The van der Waals surface area contributed by atoms with Crippen LogP contribution in [0.15, 0.2) is 18.2 Å². The molecule has 0 saturated carbocycles. The molecule has 0 spiro atoms. The molecule has 0 fully saturated rings. The molecular weight excluding hydrogens is 216 g/mol. The fourth-order valence-corrected chi connectivity index (χ4v) is 2.26. The lowest BCUT2D eigenvalue weighted by Crippen LogP contribution is -2.23. The van der Waals surface area contributed by atoms with Crippen molar-refractivity contribution in [3.05, 3.63) is 34.9 Å². The first-order valence-electron chi connectivity index (χ1n) is 5.61. The standard InChI is InChI=1S/C13H14N2O2/c1-17-12-5-4-9-6-11(13(16)8-15-14)3-2-10(9)7-12/h4-5,7-8,11H,2-3,6H2,1H3. The summed E-state index contributed by atoms with van der Waals surface area (Å²) < 4.78 is 5.17. The van der Waals surface area contributed by atoms with Crippen LogP contribution in [-0.4, -0.2) is 23.9 Å². The summed E-state index contributed by atoms with van der Waals surface area (Å²) in [5, 5.41) is 0. The predicted octanol–water partition coefficient (Wildman–Crippen LogP) is 1.67. The van der Waals surface area contributed by atoms with E-state index in [4.69, 9.17) is 10.3 Å². The summed E-state index contributed by atoms with van der Waals surface area (Å²) >= 11 is 0. The topological polar surface area (TPSA) is 62.7 Å². The van der Waals surface area contributed by atoms with Crippen molar-refractivity contribution >= 4 is 12.0 Å². The fraction of sp³-hybridized carbons (Fsp3) is 0.385. The Morgan fingerprint density at radius 2 is 2.35 bits per heavy atom. The first-order chi connectivity index (χ1) is 8.24. The van der Waals surface area contributed by atoms with Crippen LogP contribution in [0.2, 0.25) is 0 Å². The SMILES string of the molecule is COc1ccc2c(c1)CCC(C(=O)C=[N+]=[N-])C2. The quantitative estimate of drug-likeness (QED) is 0.450. The van der Waals surface area contributed by atoms with Gasteiger partial charge in [0.05, 0.1) is 7.11 Å². The summed E-state index contributed by atoms with van der Waals surface area (Å²) in [6.07, 6.45) is 3.37. The van der Waals surface area contributed by atoms with Gasteiger partial charge < -0.3 is 10.3 Å².